The number of benzene rings is 1. The average Bonchev–Trinajstić information content (AvgIpc) is 1.80. The van der Waals surface area contributed by atoms with Crippen molar-refractivity contribution in [2.45, 2.75) is 11.8 Å². The maximum absolute atomic E-state index is 12.5. The van der Waals surface area contributed by atoms with Crippen molar-refractivity contribution in [1.29, 1.82) is 0 Å². The molecular formula is C7H6FS-. The van der Waals surface area contributed by atoms with Crippen molar-refractivity contribution in [3.63, 3.8) is 0 Å². The summed E-state index contributed by atoms with van der Waals surface area (Å²) < 4.78 is 12.5. The van der Waals surface area contributed by atoms with E-state index < -0.39 is 0 Å². The van der Waals surface area contributed by atoms with E-state index in [1.807, 2.05) is 0 Å². The van der Waals surface area contributed by atoms with Gasteiger partial charge in [0, 0.05) is 0 Å². The van der Waals surface area contributed by atoms with Crippen LogP contribution >= 0.6 is 0 Å². The Labute approximate surface area is 59.1 Å². The van der Waals surface area contributed by atoms with Crippen molar-refractivity contribution >= 4 is 12.6 Å². The second kappa shape index (κ2) is 2.31. The Bertz CT molecular complexity index is 220. The molecule has 0 fully saturated rings. The van der Waals surface area contributed by atoms with Crippen molar-refractivity contribution in [2.24, 2.45) is 0 Å². The summed E-state index contributed by atoms with van der Waals surface area (Å²) in [4.78, 5) is 0.689. The van der Waals surface area contributed by atoms with E-state index in [9.17, 15) is 4.39 Å². The van der Waals surface area contributed by atoms with E-state index in [0.717, 1.165) is 0 Å². The lowest BCUT2D eigenvalue weighted by atomic mass is 10.2. The molecule has 0 spiro atoms. The Morgan fingerprint density at radius 1 is 1.44 bits per heavy atom. The van der Waals surface area contributed by atoms with Gasteiger partial charge in [-0.15, -0.1) is 0 Å². The maximum Gasteiger partial charge on any atom is 0.126 e. The maximum atomic E-state index is 12.5. The summed E-state index contributed by atoms with van der Waals surface area (Å²) >= 11 is 4.79. The number of hydrogen-bond donors (Lipinski definition) is 0. The van der Waals surface area contributed by atoms with Crippen LogP contribution in [0.2, 0.25) is 0 Å². The van der Waals surface area contributed by atoms with Gasteiger partial charge in [-0.3, -0.25) is 0 Å². The third-order valence-electron chi connectivity index (χ3n) is 1.13. The van der Waals surface area contributed by atoms with Crippen LogP contribution in [-0.2, 0) is 12.6 Å². The number of rotatable bonds is 0. The molecule has 0 bridgehead atoms. The topological polar surface area (TPSA) is 0 Å². The van der Waals surface area contributed by atoms with Gasteiger partial charge in [0.1, 0.15) is 5.82 Å². The zero-order valence-electron chi connectivity index (χ0n) is 5.02. The van der Waals surface area contributed by atoms with Gasteiger partial charge in [-0.25, -0.2) is 4.39 Å². The van der Waals surface area contributed by atoms with Crippen molar-refractivity contribution in [2.75, 3.05) is 0 Å². The average molecular weight is 141 g/mol. The van der Waals surface area contributed by atoms with Gasteiger partial charge >= 0.3 is 0 Å². The van der Waals surface area contributed by atoms with E-state index in [4.69, 9.17) is 12.6 Å². The van der Waals surface area contributed by atoms with E-state index in [1.165, 1.54) is 6.07 Å². The molecule has 0 N–H and O–H groups in total. The molecule has 0 nitrogen and oxygen atoms in total. The van der Waals surface area contributed by atoms with E-state index in [2.05, 4.69) is 0 Å². The molecule has 0 unspecified atom stereocenters. The Morgan fingerprint density at radius 2 is 2.11 bits per heavy atom. The number of halogens is 1. The molecule has 1 rings (SSSR count). The largest absolute Gasteiger partial charge is 0.780 e. The molecule has 1 aromatic carbocycles. The summed E-state index contributed by atoms with van der Waals surface area (Å²) in [5, 5.41) is 0. The fraction of sp³-hybridized carbons (Fsp3) is 0.143. The van der Waals surface area contributed by atoms with Crippen molar-refractivity contribution in [3.05, 3.63) is 29.6 Å². The lowest BCUT2D eigenvalue weighted by molar-refractivity contribution is 0.617. The first kappa shape index (κ1) is 6.49. The van der Waals surface area contributed by atoms with Crippen LogP contribution in [0.25, 0.3) is 0 Å². The second-order valence-electron chi connectivity index (χ2n) is 1.91. The van der Waals surface area contributed by atoms with E-state index in [0.29, 0.717) is 10.5 Å². The minimum Gasteiger partial charge on any atom is -0.780 e. The summed E-state index contributed by atoms with van der Waals surface area (Å²) in [6.07, 6.45) is 0. The van der Waals surface area contributed by atoms with Crippen LogP contribution in [-0.4, -0.2) is 0 Å². The van der Waals surface area contributed by atoms with Gasteiger partial charge in [0.05, 0.1) is 0 Å². The standard InChI is InChI=1S/C7H7FS/c1-5-4-6(9)2-3-7(5)8/h2-4,9H,1H3/p-1. The normalized spacial score (nSPS) is 9.56. The minimum atomic E-state index is -0.191. The Morgan fingerprint density at radius 3 is 2.56 bits per heavy atom. The summed E-state index contributed by atoms with van der Waals surface area (Å²) in [5.74, 6) is -0.191. The van der Waals surface area contributed by atoms with Crippen LogP contribution in [0.3, 0.4) is 0 Å². The van der Waals surface area contributed by atoms with Crippen molar-refractivity contribution in [1.82, 2.24) is 0 Å². The van der Waals surface area contributed by atoms with Crippen LogP contribution in [0.1, 0.15) is 5.56 Å². The highest BCUT2D eigenvalue weighted by Gasteiger charge is 1.90. The molecule has 2 heteroatoms. The fourth-order valence-electron chi connectivity index (χ4n) is 0.617. The third-order valence-corrected chi connectivity index (χ3v) is 1.38. The summed E-state index contributed by atoms with van der Waals surface area (Å²) in [5.41, 5.74) is 0.613. The Hall–Kier alpha value is -0.630. The first-order chi connectivity index (χ1) is 4.20. The van der Waals surface area contributed by atoms with Gasteiger partial charge in [0.2, 0.25) is 0 Å². The highest BCUT2D eigenvalue weighted by Crippen LogP contribution is 2.07. The van der Waals surface area contributed by atoms with E-state index in [1.54, 1.807) is 19.1 Å². The van der Waals surface area contributed by atoms with Crippen LogP contribution in [0.4, 0.5) is 4.39 Å². The minimum absolute atomic E-state index is 0.191. The van der Waals surface area contributed by atoms with Crippen molar-refractivity contribution in [3.8, 4) is 0 Å². The van der Waals surface area contributed by atoms with Crippen LogP contribution < -0.4 is 0 Å². The molecule has 0 saturated heterocycles. The molecule has 0 amide bonds. The predicted molar refractivity (Wildman–Crippen MR) is 36.8 cm³/mol. The SMILES string of the molecule is Cc1cc([S-])ccc1F. The van der Waals surface area contributed by atoms with E-state index in [-0.39, 0.29) is 5.82 Å². The smallest absolute Gasteiger partial charge is 0.126 e. The predicted octanol–water partition coefficient (Wildman–Crippen LogP) is 2.04. The van der Waals surface area contributed by atoms with Crippen LogP contribution in [0.15, 0.2) is 23.1 Å². The Kier molecular flexibility index (Phi) is 1.67. The Balaban J connectivity index is 3.17. The molecule has 0 aliphatic rings. The summed E-state index contributed by atoms with van der Waals surface area (Å²) in [7, 11) is 0. The molecule has 0 aliphatic carbocycles. The van der Waals surface area contributed by atoms with Gasteiger partial charge in [-0.2, -0.15) is 4.90 Å². The highest BCUT2D eigenvalue weighted by molar-refractivity contribution is 7.58. The first-order valence-electron chi connectivity index (χ1n) is 2.63. The first-order valence-corrected chi connectivity index (χ1v) is 3.04. The summed E-state index contributed by atoms with van der Waals surface area (Å²) in [6.45, 7) is 1.70. The van der Waals surface area contributed by atoms with E-state index >= 15 is 0 Å². The molecule has 0 aliphatic heterocycles. The summed E-state index contributed by atoms with van der Waals surface area (Å²) in [6, 6.07) is 4.61. The molecule has 0 atom stereocenters. The molecule has 0 saturated carbocycles. The molecule has 48 valence electrons. The van der Waals surface area contributed by atoms with Crippen LogP contribution in [0.5, 0.6) is 0 Å². The van der Waals surface area contributed by atoms with Gasteiger partial charge < -0.3 is 12.6 Å². The van der Waals surface area contributed by atoms with Crippen molar-refractivity contribution < 1.29 is 4.39 Å². The monoisotopic (exact) mass is 141 g/mol. The third kappa shape index (κ3) is 1.39. The van der Waals surface area contributed by atoms with Gasteiger partial charge in [0.25, 0.3) is 0 Å². The fourth-order valence-corrected chi connectivity index (χ4v) is 0.862. The number of hydrogen-bond acceptors (Lipinski definition) is 1. The highest BCUT2D eigenvalue weighted by atomic mass is 32.1. The second-order valence-corrected chi connectivity index (χ2v) is 2.38. The number of aryl methyl sites for hydroxylation is 1. The molecule has 0 heterocycles. The molecule has 1 aromatic rings. The molecular weight excluding hydrogens is 135 g/mol. The zero-order chi connectivity index (χ0) is 6.85. The van der Waals surface area contributed by atoms with Gasteiger partial charge in [0.15, 0.2) is 0 Å². The quantitative estimate of drug-likeness (QED) is 0.498. The lowest BCUT2D eigenvalue weighted by Gasteiger charge is -2.04. The zero-order valence-corrected chi connectivity index (χ0v) is 5.83. The lowest BCUT2D eigenvalue weighted by Crippen LogP contribution is -1.80. The molecule has 0 aromatic heterocycles. The van der Waals surface area contributed by atoms with Crippen LogP contribution in [0, 0.1) is 12.7 Å². The van der Waals surface area contributed by atoms with Gasteiger partial charge in [-0.1, -0.05) is 12.1 Å². The molecule has 9 heavy (non-hydrogen) atoms. The van der Waals surface area contributed by atoms with Gasteiger partial charge in [-0.05, 0) is 18.6 Å². The molecule has 0 radical (unpaired) electrons.